The Balaban J connectivity index is 2.02. The van der Waals surface area contributed by atoms with E-state index in [0.29, 0.717) is 17.2 Å². The molecule has 2 aromatic heterocycles. The molecule has 0 saturated carbocycles. The van der Waals surface area contributed by atoms with E-state index in [9.17, 15) is 9.59 Å². The largest absolute Gasteiger partial charge is 0.463 e. The number of carbonyl (C=O) groups is 2. The molecule has 0 unspecified atom stereocenters. The zero-order valence-electron chi connectivity index (χ0n) is 15.0. The maximum absolute atomic E-state index is 12.3. The van der Waals surface area contributed by atoms with Gasteiger partial charge in [0.15, 0.2) is 12.3 Å². The first-order valence-electron chi connectivity index (χ1n) is 8.39. The lowest BCUT2D eigenvalue weighted by atomic mass is 10.1. The smallest absolute Gasteiger partial charge is 0.341 e. The van der Waals surface area contributed by atoms with E-state index in [1.165, 1.54) is 11.3 Å². The van der Waals surface area contributed by atoms with Gasteiger partial charge in [0.25, 0.3) is 5.91 Å². The number of amides is 1. The van der Waals surface area contributed by atoms with Crippen molar-refractivity contribution in [1.82, 2.24) is 0 Å². The molecule has 6 nitrogen and oxygen atoms in total. The van der Waals surface area contributed by atoms with Gasteiger partial charge in [0.2, 0.25) is 0 Å². The maximum Gasteiger partial charge on any atom is 0.341 e. The van der Waals surface area contributed by atoms with E-state index < -0.39 is 5.97 Å². The minimum absolute atomic E-state index is 0.0415. The molecule has 2 aromatic rings. The van der Waals surface area contributed by atoms with Gasteiger partial charge in [0.05, 0.1) is 18.4 Å². The minimum atomic E-state index is -0.408. The van der Waals surface area contributed by atoms with Gasteiger partial charge in [-0.1, -0.05) is 13.8 Å². The summed E-state index contributed by atoms with van der Waals surface area (Å²) in [6.07, 6.45) is 1.62. The Kier molecular flexibility index (Phi) is 6.78. The van der Waals surface area contributed by atoms with Gasteiger partial charge >= 0.3 is 5.97 Å². The molecule has 1 atom stereocenters. The van der Waals surface area contributed by atoms with E-state index in [-0.39, 0.29) is 24.4 Å². The van der Waals surface area contributed by atoms with Crippen molar-refractivity contribution in [3.8, 4) is 0 Å². The van der Waals surface area contributed by atoms with Gasteiger partial charge in [-0.3, -0.25) is 4.79 Å². The van der Waals surface area contributed by atoms with Crippen molar-refractivity contribution in [3.63, 3.8) is 0 Å². The molecule has 0 aliphatic heterocycles. The third-order valence-corrected chi connectivity index (χ3v) is 5.07. The van der Waals surface area contributed by atoms with Gasteiger partial charge in [-0.2, -0.15) is 0 Å². The van der Waals surface area contributed by atoms with E-state index in [2.05, 4.69) is 5.32 Å². The highest BCUT2D eigenvalue weighted by atomic mass is 32.1. The fraction of sp³-hybridized carbons (Fsp3) is 0.444. The second-order valence-corrected chi connectivity index (χ2v) is 7.14. The quantitative estimate of drug-likeness (QED) is 0.705. The van der Waals surface area contributed by atoms with Crippen LogP contribution in [0.4, 0.5) is 5.00 Å². The number of hydrogen-bond acceptors (Lipinski definition) is 5. The van der Waals surface area contributed by atoms with Crippen molar-refractivity contribution in [2.45, 2.75) is 39.7 Å². The lowest BCUT2D eigenvalue weighted by Crippen LogP contribution is -2.86. The average molecular weight is 365 g/mol. The van der Waals surface area contributed by atoms with E-state index in [0.717, 1.165) is 10.6 Å². The molecule has 0 bridgehead atoms. The SMILES string of the molecule is CCOC(=O)c1cc(C(C)C)sc1NC(=O)C[NH2+][C@H](C)c1ccco1. The molecule has 2 rings (SSSR count). The predicted molar refractivity (Wildman–Crippen MR) is 96.9 cm³/mol. The molecule has 0 fully saturated rings. The third-order valence-electron chi connectivity index (χ3n) is 3.72. The van der Waals surface area contributed by atoms with Crippen LogP contribution in [0.25, 0.3) is 0 Å². The number of furan rings is 1. The van der Waals surface area contributed by atoms with Crippen LogP contribution in [0.1, 0.15) is 60.7 Å². The van der Waals surface area contributed by atoms with E-state index in [4.69, 9.17) is 9.15 Å². The Morgan fingerprint density at radius 1 is 1.36 bits per heavy atom. The standard InChI is InChI=1S/C18H24N2O4S/c1-5-23-18(22)13-9-15(11(2)3)25-17(13)20-16(21)10-19-12(4)14-7-6-8-24-14/h6-9,11-12,19H,5,10H2,1-4H3,(H,20,21)/p+1/t12-/m1/s1. The van der Waals surface area contributed by atoms with Crippen molar-refractivity contribution in [2.24, 2.45) is 0 Å². The zero-order chi connectivity index (χ0) is 18.4. The highest BCUT2D eigenvalue weighted by Crippen LogP contribution is 2.33. The van der Waals surface area contributed by atoms with Gasteiger partial charge in [-0.25, -0.2) is 4.79 Å². The third kappa shape index (κ3) is 5.17. The number of hydrogen-bond donors (Lipinski definition) is 2. The molecule has 25 heavy (non-hydrogen) atoms. The molecule has 0 saturated heterocycles. The number of nitrogens with one attached hydrogen (secondary N) is 1. The van der Waals surface area contributed by atoms with Crippen LogP contribution in [0.3, 0.4) is 0 Å². The van der Waals surface area contributed by atoms with E-state index in [1.807, 2.05) is 38.2 Å². The first kappa shape index (κ1) is 19.2. The fourth-order valence-electron chi connectivity index (χ4n) is 2.28. The summed E-state index contributed by atoms with van der Waals surface area (Å²) in [6, 6.07) is 5.55. The van der Waals surface area contributed by atoms with Crippen LogP contribution >= 0.6 is 11.3 Å². The molecule has 7 heteroatoms. The molecule has 0 aromatic carbocycles. The minimum Gasteiger partial charge on any atom is -0.463 e. The summed E-state index contributed by atoms with van der Waals surface area (Å²) < 4.78 is 10.4. The first-order valence-corrected chi connectivity index (χ1v) is 9.21. The number of esters is 1. The van der Waals surface area contributed by atoms with Crippen LogP contribution in [-0.4, -0.2) is 25.0 Å². The number of quaternary nitrogens is 1. The summed E-state index contributed by atoms with van der Waals surface area (Å²) in [4.78, 5) is 25.4. The monoisotopic (exact) mass is 365 g/mol. The summed E-state index contributed by atoms with van der Waals surface area (Å²) in [7, 11) is 0. The van der Waals surface area contributed by atoms with Crippen LogP contribution in [0.5, 0.6) is 0 Å². The van der Waals surface area contributed by atoms with Gasteiger partial charge in [-0.15, -0.1) is 11.3 Å². The van der Waals surface area contributed by atoms with E-state index in [1.54, 1.807) is 19.3 Å². The fourth-order valence-corrected chi connectivity index (χ4v) is 3.34. The van der Waals surface area contributed by atoms with Crippen molar-refractivity contribution >= 4 is 28.2 Å². The molecule has 0 spiro atoms. The van der Waals surface area contributed by atoms with Crippen LogP contribution < -0.4 is 10.6 Å². The van der Waals surface area contributed by atoms with Crippen molar-refractivity contribution in [1.29, 1.82) is 0 Å². The zero-order valence-corrected chi connectivity index (χ0v) is 15.8. The predicted octanol–water partition coefficient (Wildman–Crippen LogP) is 2.90. The first-order chi connectivity index (χ1) is 11.9. The number of anilines is 1. The summed E-state index contributed by atoms with van der Waals surface area (Å²) in [6.45, 7) is 8.36. The summed E-state index contributed by atoms with van der Waals surface area (Å²) >= 11 is 1.42. The summed E-state index contributed by atoms with van der Waals surface area (Å²) in [5, 5.41) is 5.27. The molecule has 3 N–H and O–H groups in total. The topological polar surface area (TPSA) is 85.1 Å². The molecule has 0 aliphatic carbocycles. The van der Waals surface area contributed by atoms with Crippen LogP contribution in [0, 0.1) is 0 Å². The van der Waals surface area contributed by atoms with Crippen molar-refractivity contribution in [2.75, 3.05) is 18.5 Å². The summed E-state index contributed by atoms with van der Waals surface area (Å²) in [5.41, 5.74) is 0.419. The van der Waals surface area contributed by atoms with Crippen LogP contribution in [0.15, 0.2) is 28.9 Å². The number of ether oxygens (including phenoxy) is 1. The lowest BCUT2D eigenvalue weighted by molar-refractivity contribution is -0.684. The lowest BCUT2D eigenvalue weighted by Gasteiger charge is -2.09. The highest BCUT2D eigenvalue weighted by Gasteiger charge is 2.21. The second kappa shape index (κ2) is 8.82. The Bertz CT molecular complexity index is 707. The van der Waals surface area contributed by atoms with Gasteiger partial charge < -0.3 is 19.8 Å². The summed E-state index contributed by atoms with van der Waals surface area (Å²) in [5.74, 6) is 0.516. The molecule has 1 amide bonds. The van der Waals surface area contributed by atoms with Crippen molar-refractivity contribution in [3.05, 3.63) is 40.7 Å². The molecule has 136 valence electrons. The Morgan fingerprint density at radius 3 is 2.72 bits per heavy atom. The second-order valence-electron chi connectivity index (χ2n) is 6.06. The number of carbonyl (C=O) groups excluding carboxylic acids is 2. The van der Waals surface area contributed by atoms with E-state index >= 15 is 0 Å². The van der Waals surface area contributed by atoms with Gasteiger partial charge in [0, 0.05) is 4.88 Å². The van der Waals surface area contributed by atoms with Gasteiger partial charge in [-0.05, 0) is 38.0 Å². The van der Waals surface area contributed by atoms with Crippen LogP contribution in [0.2, 0.25) is 0 Å². The highest BCUT2D eigenvalue weighted by molar-refractivity contribution is 7.16. The Hall–Kier alpha value is -2.12. The Labute approximate surface area is 151 Å². The van der Waals surface area contributed by atoms with Crippen LogP contribution in [-0.2, 0) is 9.53 Å². The van der Waals surface area contributed by atoms with Crippen molar-refractivity contribution < 1.29 is 24.1 Å². The van der Waals surface area contributed by atoms with Gasteiger partial charge in [0.1, 0.15) is 11.0 Å². The maximum atomic E-state index is 12.3. The number of rotatable bonds is 8. The number of thiophene rings is 1. The molecular formula is C18H25N2O4S+. The molecule has 2 heterocycles. The molecular weight excluding hydrogens is 340 g/mol. The molecule has 0 radical (unpaired) electrons. The Morgan fingerprint density at radius 2 is 2.12 bits per heavy atom. The molecule has 0 aliphatic rings. The average Bonchev–Trinajstić information content (AvgIpc) is 3.22. The normalized spacial score (nSPS) is 12.2. The number of nitrogens with two attached hydrogens (primary N) is 1.